The van der Waals surface area contributed by atoms with Crippen LogP contribution < -0.4 is 5.32 Å². The predicted octanol–water partition coefficient (Wildman–Crippen LogP) is 0.299. The number of carbonyl (C=O) groups excluding carboxylic acids is 1. The van der Waals surface area contributed by atoms with E-state index in [4.69, 9.17) is 9.84 Å². The number of aliphatic hydroxyl groups excluding tert-OH is 1. The first-order chi connectivity index (χ1) is 5.96. The highest BCUT2D eigenvalue weighted by Gasteiger charge is 2.30. The highest BCUT2D eigenvalue weighted by atomic mass is 16.5. The minimum atomic E-state index is -0.783. The number of amides is 1. The average Bonchev–Trinajstić information content (AvgIpc) is 2.12. The van der Waals surface area contributed by atoms with Crippen LogP contribution in [0.2, 0.25) is 0 Å². The quantitative estimate of drug-likeness (QED) is 0.654. The van der Waals surface area contributed by atoms with Crippen LogP contribution in [0.15, 0.2) is 0 Å². The van der Waals surface area contributed by atoms with Gasteiger partial charge in [-0.2, -0.15) is 0 Å². The van der Waals surface area contributed by atoms with Crippen LogP contribution in [0.4, 0.5) is 0 Å². The number of hydrogen-bond donors (Lipinski definition) is 2. The van der Waals surface area contributed by atoms with Crippen molar-refractivity contribution in [3.63, 3.8) is 0 Å². The molecular weight excluding hydrogens is 170 g/mol. The highest BCUT2D eigenvalue weighted by Crippen LogP contribution is 2.13. The molecule has 4 heteroatoms. The summed E-state index contributed by atoms with van der Waals surface area (Å²) in [5, 5.41) is 11.6. The van der Waals surface area contributed by atoms with E-state index in [1.165, 1.54) is 7.11 Å². The van der Waals surface area contributed by atoms with E-state index in [1.807, 2.05) is 6.92 Å². The molecule has 0 saturated carbocycles. The Bertz CT molecular complexity index is 164. The van der Waals surface area contributed by atoms with E-state index >= 15 is 0 Å². The van der Waals surface area contributed by atoms with Gasteiger partial charge in [0.15, 0.2) is 0 Å². The van der Waals surface area contributed by atoms with Gasteiger partial charge in [0.2, 0.25) is 0 Å². The Morgan fingerprint density at radius 3 is 2.54 bits per heavy atom. The van der Waals surface area contributed by atoms with Crippen molar-refractivity contribution in [2.75, 3.05) is 13.7 Å². The van der Waals surface area contributed by atoms with Gasteiger partial charge in [-0.3, -0.25) is 4.79 Å². The largest absolute Gasteiger partial charge is 0.392 e. The maximum atomic E-state index is 11.5. The van der Waals surface area contributed by atoms with Gasteiger partial charge in [-0.15, -0.1) is 0 Å². The van der Waals surface area contributed by atoms with Gasteiger partial charge in [0.05, 0.1) is 6.10 Å². The van der Waals surface area contributed by atoms with Crippen LogP contribution in [-0.2, 0) is 9.53 Å². The van der Waals surface area contributed by atoms with Crippen molar-refractivity contribution in [3.05, 3.63) is 0 Å². The average molecular weight is 189 g/mol. The second-order valence-corrected chi connectivity index (χ2v) is 3.35. The zero-order valence-corrected chi connectivity index (χ0v) is 8.76. The molecule has 1 amide bonds. The Morgan fingerprint density at radius 2 is 2.23 bits per heavy atom. The van der Waals surface area contributed by atoms with Crippen molar-refractivity contribution in [1.82, 2.24) is 5.32 Å². The Morgan fingerprint density at radius 1 is 1.69 bits per heavy atom. The number of rotatable bonds is 5. The summed E-state index contributed by atoms with van der Waals surface area (Å²) in [4.78, 5) is 11.5. The number of methoxy groups -OCH3 is 1. The molecule has 0 aromatic rings. The van der Waals surface area contributed by atoms with Gasteiger partial charge in [0.25, 0.3) is 5.91 Å². The zero-order valence-electron chi connectivity index (χ0n) is 8.76. The molecule has 78 valence electrons. The van der Waals surface area contributed by atoms with E-state index in [0.717, 1.165) is 0 Å². The lowest BCUT2D eigenvalue weighted by Gasteiger charge is -2.25. The van der Waals surface area contributed by atoms with Crippen LogP contribution >= 0.6 is 0 Å². The molecular formula is C9H19NO3. The lowest BCUT2D eigenvalue weighted by molar-refractivity contribution is -0.142. The Labute approximate surface area is 79.3 Å². The lowest BCUT2D eigenvalue weighted by Crippen LogP contribution is -2.47. The summed E-state index contributed by atoms with van der Waals surface area (Å²) in [6, 6.07) is 0. The maximum absolute atomic E-state index is 11.5. The van der Waals surface area contributed by atoms with Gasteiger partial charge >= 0.3 is 0 Å². The van der Waals surface area contributed by atoms with Crippen molar-refractivity contribution in [1.29, 1.82) is 0 Å². The van der Waals surface area contributed by atoms with E-state index in [2.05, 4.69) is 5.32 Å². The number of nitrogens with one attached hydrogen (secondary N) is 1. The van der Waals surface area contributed by atoms with E-state index in [9.17, 15) is 4.79 Å². The maximum Gasteiger partial charge on any atom is 0.252 e. The van der Waals surface area contributed by atoms with Crippen LogP contribution in [0, 0.1) is 0 Å². The van der Waals surface area contributed by atoms with Gasteiger partial charge in [-0.1, -0.05) is 6.92 Å². The molecule has 13 heavy (non-hydrogen) atoms. The second-order valence-electron chi connectivity index (χ2n) is 3.35. The van der Waals surface area contributed by atoms with Gasteiger partial charge in [-0.25, -0.2) is 0 Å². The molecule has 0 aliphatic rings. The fourth-order valence-electron chi connectivity index (χ4n) is 0.825. The molecule has 1 unspecified atom stereocenters. The zero-order chi connectivity index (χ0) is 10.5. The number of carbonyl (C=O) groups is 1. The minimum Gasteiger partial charge on any atom is -0.392 e. The molecule has 0 aliphatic heterocycles. The minimum absolute atomic E-state index is 0.182. The second kappa shape index (κ2) is 5.19. The van der Waals surface area contributed by atoms with Crippen LogP contribution in [0.3, 0.4) is 0 Å². The van der Waals surface area contributed by atoms with Gasteiger partial charge < -0.3 is 15.2 Å². The topological polar surface area (TPSA) is 58.6 Å². The SMILES string of the molecule is CCC(C)(OC)C(=O)NC[C@@H](C)O. The van der Waals surface area contributed by atoms with E-state index in [1.54, 1.807) is 13.8 Å². The standard InChI is InChI=1S/C9H19NO3/c1-5-9(3,13-4)8(12)10-6-7(2)11/h7,11H,5-6H2,1-4H3,(H,10,12)/t7-,9?/m1/s1. The van der Waals surface area contributed by atoms with Crippen molar-refractivity contribution in [2.45, 2.75) is 38.9 Å². The fraction of sp³-hybridized carbons (Fsp3) is 0.889. The molecule has 4 nitrogen and oxygen atoms in total. The molecule has 0 aromatic carbocycles. The van der Waals surface area contributed by atoms with Crippen molar-refractivity contribution in [2.24, 2.45) is 0 Å². The fourth-order valence-corrected chi connectivity index (χ4v) is 0.825. The Balaban J connectivity index is 4.07. The number of aliphatic hydroxyl groups is 1. The number of ether oxygens (including phenoxy) is 1. The molecule has 0 rings (SSSR count). The van der Waals surface area contributed by atoms with Crippen molar-refractivity contribution >= 4 is 5.91 Å². The molecule has 2 atom stereocenters. The lowest BCUT2D eigenvalue weighted by atomic mass is 10.0. The van der Waals surface area contributed by atoms with Crippen LogP contribution in [-0.4, -0.2) is 36.4 Å². The third-order valence-corrected chi connectivity index (χ3v) is 2.16. The summed E-state index contributed by atoms with van der Waals surface area (Å²) >= 11 is 0. The highest BCUT2D eigenvalue weighted by molar-refractivity contribution is 5.84. The summed E-state index contributed by atoms with van der Waals surface area (Å²) in [7, 11) is 1.51. The molecule has 0 saturated heterocycles. The van der Waals surface area contributed by atoms with Gasteiger partial charge in [-0.05, 0) is 20.3 Å². The Kier molecular flexibility index (Phi) is 4.95. The molecule has 0 aromatic heterocycles. The predicted molar refractivity (Wildman–Crippen MR) is 50.4 cm³/mol. The molecule has 0 spiro atoms. The molecule has 0 bridgehead atoms. The molecule has 0 radical (unpaired) electrons. The first-order valence-corrected chi connectivity index (χ1v) is 4.47. The van der Waals surface area contributed by atoms with Crippen LogP contribution in [0.1, 0.15) is 27.2 Å². The van der Waals surface area contributed by atoms with E-state index < -0.39 is 11.7 Å². The normalized spacial score (nSPS) is 17.6. The van der Waals surface area contributed by atoms with Gasteiger partial charge in [0, 0.05) is 13.7 Å². The monoisotopic (exact) mass is 189 g/mol. The molecule has 0 aliphatic carbocycles. The third-order valence-electron chi connectivity index (χ3n) is 2.16. The summed E-state index contributed by atoms with van der Waals surface area (Å²) in [5.41, 5.74) is -0.783. The number of hydrogen-bond acceptors (Lipinski definition) is 3. The molecule has 2 N–H and O–H groups in total. The summed E-state index contributed by atoms with van der Waals surface area (Å²) in [5.74, 6) is -0.182. The smallest absolute Gasteiger partial charge is 0.252 e. The van der Waals surface area contributed by atoms with Crippen molar-refractivity contribution in [3.8, 4) is 0 Å². The van der Waals surface area contributed by atoms with Crippen molar-refractivity contribution < 1.29 is 14.6 Å². The summed E-state index contributed by atoms with van der Waals surface area (Å²) in [6.07, 6.45) is 0.0803. The van der Waals surface area contributed by atoms with Crippen LogP contribution in [0.25, 0.3) is 0 Å². The van der Waals surface area contributed by atoms with E-state index in [-0.39, 0.29) is 12.5 Å². The van der Waals surface area contributed by atoms with E-state index in [0.29, 0.717) is 6.42 Å². The first kappa shape index (κ1) is 12.4. The summed E-state index contributed by atoms with van der Waals surface area (Å²) < 4.78 is 5.09. The summed E-state index contributed by atoms with van der Waals surface area (Å²) in [6.45, 7) is 5.49. The third kappa shape index (κ3) is 3.74. The Hall–Kier alpha value is -0.610. The van der Waals surface area contributed by atoms with Crippen LogP contribution in [0.5, 0.6) is 0 Å². The van der Waals surface area contributed by atoms with Gasteiger partial charge in [0.1, 0.15) is 5.60 Å². The molecule has 0 heterocycles. The molecule has 0 fully saturated rings. The first-order valence-electron chi connectivity index (χ1n) is 4.47.